The van der Waals surface area contributed by atoms with Crippen LogP contribution in [0.4, 0.5) is 0 Å². The number of hydrogen-bond donors (Lipinski definition) is 1. The zero-order chi connectivity index (χ0) is 16.9. The summed E-state index contributed by atoms with van der Waals surface area (Å²) in [7, 11) is 5.67. The van der Waals surface area contributed by atoms with Gasteiger partial charge in [0, 0.05) is 29.6 Å². The van der Waals surface area contributed by atoms with Crippen LogP contribution in [0, 0.1) is 0 Å². The minimum absolute atomic E-state index is 0.468. The normalized spacial score (nSPS) is 11.5. The van der Waals surface area contributed by atoms with Crippen molar-refractivity contribution in [2.75, 3.05) is 47.6 Å². The molecule has 2 aromatic heterocycles. The molecule has 0 saturated heterocycles. The van der Waals surface area contributed by atoms with Crippen LogP contribution < -0.4 is 9.47 Å². The molecule has 7 nitrogen and oxygen atoms in total. The highest BCUT2D eigenvalue weighted by Crippen LogP contribution is 2.35. The highest BCUT2D eigenvalue weighted by Gasteiger charge is 2.12. The van der Waals surface area contributed by atoms with E-state index in [9.17, 15) is 0 Å². The smallest absolute Gasteiger partial charge is 0.163 e. The SMILES string of the molecule is COc1cc2c(cc1OCCOCCN(C)C)[nH]c1ncncc12. The average Bonchev–Trinajstić information content (AvgIpc) is 2.94. The standard InChI is InChI=1S/C17H22N4O3/c1-21(2)4-5-23-6-7-24-16-9-14-12(8-15(16)22-3)13-10-18-11-19-17(13)20-14/h8-11H,4-7H2,1-3H3,(H,18,19,20). The van der Waals surface area contributed by atoms with Gasteiger partial charge in [-0.15, -0.1) is 0 Å². The fraction of sp³-hybridized carbons (Fsp3) is 0.412. The van der Waals surface area contributed by atoms with Gasteiger partial charge in [0.1, 0.15) is 18.6 Å². The predicted octanol–water partition coefficient (Wildman–Crippen LogP) is 2.08. The topological polar surface area (TPSA) is 72.5 Å². The number of rotatable bonds is 8. The van der Waals surface area contributed by atoms with E-state index in [-0.39, 0.29) is 0 Å². The number of H-pyrrole nitrogens is 1. The Labute approximate surface area is 140 Å². The first-order valence-electron chi connectivity index (χ1n) is 7.83. The molecule has 0 radical (unpaired) electrons. The maximum absolute atomic E-state index is 5.82. The van der Waals surface area contributed by atoms with E-state index in [1.165, 1.54) is 6.33 Å². The molecule has 3 aromatic rings. The quantitative estimate of drug-likeness (QED) is 0.638. The maximum atomic E-state index is 5.82. The zero-order valence-corrected chi connectivity index (χ0v) is 14.2. The van der Waals surface area contributed by atoms with Gasteiger partial charge < -0.3 is 24.1 Å². The first-order chi connectivity index (χ1) is 11.7. The van der Waals surface area contributed by atoms with Gasteiger partial charge in [-0.1, -0.05) is 0 Å². The monoisotopic (exact) mass is 330 g/mol. The third kappa shape index (κ3) is 3.58. The highest BCUT2D eigenvalue weighted by atomic mass is 16.5. The number of nitrogens with zero attached hydrogens (tertiary/aromatic N) is 3. The molecule has 1 aromatic carbocycles. The summed E-state index contributed by atoms with van der Waals surface area (Å²) in [5.74, 6) is 1.36. The number of ether oxygens (including phenoxy) is 3. The molecular formula is C17H22N4O3. The number of nitrogens with one attached hydrogen (secondary N) is 1. The largest absolute Gasteiger partial charge is 0.493 e. The number of aromatic amines is 1. The third-order valence-electron chi connectivity index (χ3n) is 3.73. The third-order valence-corrected chi connectivity index (χ3v) is 3.73. The Morgan fingerprint density at radius 3 is 2.75 bits per heavy atom. The Hall–Kier alpha value is -2.38. The summed E-state index contributed by atoms with van der Waals surface area (Å²) in [6.07, 6.45) is 3.32. The summed E-state index contributed by atoms with van der Waals surface area (Å²) in [6, 6.07) is 3.87. The second-order valence-electron chi connectivity index (χ2n) is 5.72. The minimum Gasteiger partial charge on any atom is -0.493 e. The van der Waals surface area contributed by atoms with Crippen LogP contribution in [0.2, 0.25) is 0 Å². The molecule has 24 heavy (non-hydrogen) atoms. The Morgan fingerprint density at radius 1 is 1.08 bits per heavy atom. The Balaban J connectivity index is 1.72. The van der Waals surface area contributed by atoms with Crippen LogP contribution in [0.1, 0.15) is 0 Å². The molecule has 0 amide bonds. The van der Waals surface area contributed by atoms with E-state index in [4.69, 9.17) is 14.2 Å². The molecule has 0 aliphatic heterocycles. The van der Waals surface area contributed by atoms with Crippen molar-refractivity contribution in [2.24, 2.45) is 0 Å². The number of likely N-dealkylation sites (N-methyl/N-ethyl adjacent to an activating group) is 1. The molecule has 0 aliphatic carbocycles. The molecule has 7 heteroatoms. The van der Waals surface area contributed by atoms with Gasteiger partial charge in [0.05, 0.1) is 25.8 Å². The summed E-state index contributed by atoms with van der Waals surface area (Å²) in [5, 5.41) is 1.97. The predicted molar refractivity (Wildman–Crippen MR) is 92.8 cm³/mol. The van der Waals surface area contributed by atoms with Crippen LogP contribution in [0.15, 0.2) is 24.7 Å². The molecule has 0 bridgehead atoms. The van der Waals surface area contributed by atoms with Gasteiger partial charge in [-0.2, -0.15) is 0 Å². The molecule has 2 heterocycles. The summed E-state index contributed by atoms with van der Waals surface area (Å²) < 4.78 is 16.8. The van der Waals surface area contributed by atoms with Gasteiger partial charge in [0.25, 0.3) is 0 Å². The first kappa shape index (κ1) is 16.5. The van der Waals surface area contributed by atoms with E-state index in [2.05, 4.69) is 19.9 Å². The fourth-order valence-electron chi connectivity index (χ4n) is 2.47. The van der Waals surface area contributed by atoms with E-state index in [0.29, 0.717) is 31.3 Å². The van der Waals surface area contributed by atoms with E-state index >= 15 is 0 Å². The van der Waals surface area contributed by atoms with Crippen LogP contribution in [-0.2, 0) is 4.74 Å². The van der Waals surface area contributed by atoms with Crippen molar-refractivity contribution in [3.8, 4) is 11.5 Å². The van der Waals surface area contributed by atoms with Gasteiger partial charge in [-0.25, -0.2) is 9.97 Å². The lowest BCUT2D eigenvalue weighted by Crippen LogP contribution is -2.19. The van der Waals surface area contributed by atoms with Crippen LogP contribution in [0.3, 0.4) is 0 Å². The van der Waals surface area contributed by atoms with Gasteiger partial charge in [0.2, 0.25) is 0 Å². The number of fused-ring (bicyclic) bond motifs is 3. The minimum atomic E-state index is 0.468. The second-order valence-corrected chi connectivity index (χ2v) is 5.72. The summed E-state index contributed by atoms with van der Waals surface area (Å²) >= 11 is 0. The molecule has 0 fully saturated rings. The molecule has 1 N–H and O–H groups in total. The van der Waals surface area contributed by atoms with Gasteiger partial charge >= 0.3 is 0 Å². The summed E-state index contributed by atoms with van der Waals surface area (Å²) in [6.45, 7) is 2.58. The number of hydrogen-bond acceptors (Lipinski definition) is 6. The van der Waals surface area contributed by atoms with Crippen LogP contribution in [-0.4, -0.2) is 67.4 Å². The van der Waals surface area contributed by atoms with E-state index < -0.39 is 0 Å². The fourth-order valence-corrected chi connectivity index (χ4v) is 2.47. The zero-order valence-electron chi connectivity index (χ0n) is 14.2. The summed E-state index contributed by atoms with van der Waals surface area (Å²) in [5.41, 5.74) is 1.74. The molecule has 3 rings (SSSR count). The Bertz CT molecular complexity index is 816. The summed E-state index contributed by atoms with van der Waals surface area (Å²) in [4.78, 5) is 13.7. The highest BCUT2D eigenvalue weighted by molar-refractivity contribution is 6.06. The van der Waals surface area contributed by atoms with Gasteiger partial charge in [-0.05, 0) is 20.2 Å². The van der Waals surface area contributed by atoms with Crippen molar-refractivity contribution in [2.45, 2.75) is 0 Å². The lowest BCUT2D eigenvalue weighted by molar-refractivity contribution is 0.0881. The Morgan fingerprint density at radius 2 is 1.96 bits per heavy atom. The van der Waals surface area contributed by atoms with Crippen LogP contribution in [0.25, 0.3) is 21.9 Å². The lowest BCUT2D eigenvalue weighted by atomic mass is 10.2. The van der Waals surface area contributed by atoms with E-state index in [0.717, 1.165) is 28.5 Å². The van der Waals surface area contributed by atoms with Crippen molar-refractivity contribution >= 4 is 21.9 Å². The lowest BCUT2D eigenvalue weighted by Gasteiger charge is -2.12. The first-order valence-corrected chi connectivity index (χ1v) is 7.83. The molecular weight excluding hydrogens is 308 g/mol. The molecule has 0 saturated carbocycles. The number of methoxy groups -OCH3 is 1. The van der Waals surface area contributed by atoms with Crippen molar-refractivity contribution in [3.63, 3.8) is 0 Å². The van der Waals surface area contributed by atoms with E-state index in [1.807, 2.05) is 26.2 Å². The second kappa shape index (κ2) is 7.46. The molecule has 0 spiro atoms. The Kier molecular flexibility index (Phi) is 5.12. The molecule has 0 atom stereocenters. The average molecular weight is 330 g/mol. The molecule has 128 valence electrons. The van der Waals surface area contributed by atoms with Crippen molar-refractivity contribution in [1.29, 1.82) is 0 Å². The van der Waals surface area contributed by atoms with Gasteiger partial charge in [0.15, 0.2) is 11.5 Å². The molecule has 0 unspecified atom stereocenters. The van der Waals surface area contributed by atoms with Crippen molar-refractivity contribution in [3.05, 3.63) is 24.7 Å². The number of aromatic nitrogens is 3. The van der Waals surface area contributed by atoms with Crippen molar-refractivity contribution < 1.29 is 14.2 Å². The van der Waals surface area contributed by atoms with Gasteiger partial charge in [-0.3, -0.25) is 0 Å². The van der Waals surface area contributed by atoms with E-state index in [1.54, 1.807) is 13.3 Å². The van der Waals surface area contributed by atoms with Crippen molar-refractivity contribution in [1.82, 2.24) is 19.9 Å². The van der Waals surface area contributed by atoms with Crippen LogP contribution in [0.5, 0.6) is 11.5 Å². The maximum Gasteiger partial charge on any atom is 0.163 e. The van der Waals surface area contributed by atoms with Crippen LogP contribution >= 0.6 is 0 Å². The molecule has 0 aliphatic rings. The number of benzene rings is 1.